The Balaban J connectivity index is 1.86. The van der Waals surface area contributed by atoms with E-state index in [9.17, 15) is 4.39 Å². The van der Waals surface area contributed by atoms with Crippen LogP contribution in [-0.2, 0) is 0 Å². The van der Waals surface area contributed by atoms with Crippen LogP contribution >= 0.6 is 11.6 Å². The molecule has 1 aromatic carbocycles. The molecule has 2 unspecified atom stereocenters. The van der Waals surface area contributed by atoms with E-state index in [4.69, 9.17) is 16.1 Å². The highest BCUT2D eigenvalue weighted by molar-refractivity contribution is 6.33. The number of rotatable bonds is 4. The molecule has 1 aromatic heterocycles. The van der Waals surface area contributed by atoms with Crippen LogP contribution in [0.2, 0.25) is 5.02 Å². The molecule has 0 radical (unpaired) electrons. The molecule has 1 heterocycles. The molecule has 2 aromatic rings. The summed E-state index contributed by atoms with van der Waals surface area (Å²) in [7, 11) is 0. The maximum absolute atomic E-state index is 13.1. The third-order valence-electron chi connectivity index (χ3n) is 3.91. The van der Waals surface area contributed by atoms with Crippen LogP contribution in [0.1, 0.15) is 38.0 Å². The molecule has 0 spiro atoms. The summed E-state index contributed by atoms with van der Waals surface area (Å²) in [6.45, 7) is 3.01. The number of hydrogen-bond acceptors (Lipinski definition) is 4. The van der Waals surface area contributed by atoms with Crippen LogP contribution in [0, 0.1) is 5.82 Å². The summed E-state index contributed by atoms with van der Waals surface area (Å²) in [5.74, 6) is 0.909. The fourth-order valence-corrected chi connectivity index (χ4v) is 3.18. The van der Waals surface area contributed by atoms with Gasteiger partial charge in [-0.1, -0.05) is 30.1 Å². The average molecular weight is 310 g/mol. The van der Waals surface area contributed by atoms with E-state index in [0.29, 0.717) is 23.3 Å². The molecule has 1 aliphatic carbocycles. The minimum Gasteiger partial charge on any atom is -0.339 e. The lowest BCUT2D eigenvalue weighted by atomic mass is 10.0. The van der Waals surface area contributed by atoms with Crippen molar-refractivity contribution in [3.8, 4) is 11.4 Å². The van der Waals surface area contributed by atoms with Gasteiger partial charge >= 0.3 is 0 Å². The summed E-state index contributed by atoms with van der Waals surface area (Å²) in [6, 6.07) is 4.55. The number of benzene rings is 1. The molecule has 1 saturated carbocycles. The highest BCUT2D eigenvalue weighted by Gasteiger charge is 2.32. The molecule has 21 heavy (non-hydrogen) atoms. The predicted molar refractivity (Wildman–Crippen MR) is 78.8 cm³/mol. The number of aromatic nitrogens is 2. The Morgan fingerprint density at radius 2 is 2.29 bits per heavy atom. The van der Waals surface area contributed by atoms with Crippen LogP contribution in [0.4, 0.5) is 4.39 Å². The molecular weight excluding hydrogens is 293 g/mol. The van der Waals surface area contributed by atoms with Crippen molar-refractivity contribution < 1.29 is 8.91 Å². The second kappa shape index (κ2) is 6.12. The van der Waals surface area contributed by atoms with E-state index in [1.807, 2.05) is 0 Å². The maximum Gasteiger partial charge on any atom is 0.231 e. The highest BCUT2D eigenvalue weighted by Crippen LogP contribution is 2.35. The monoisotopic (exact) mass is 309 g/mol. The lowest BCUT2D eigenvalue weighted by Crippen LogP contribution is -2.31. The van der Waals surface area contributed by atoms with Gasteiger partial charge in [0, 0.05) is 11.6 Å². The smallest absolute Gasteiger partial charge is 0.231 e. The largest absolute Gasteiger partial charge is 0.339 e. The van der Waals surface area contributed by atoms with Gasteiger partial charge in [-0.05, 0) is 37.6 Å². The van der Waals surface area contributed by atoms with Gasteiger partial charge in [-0.15, -0.1) is 0 Å². The molecule has 0 aliphatic heterocycles. The molecule has 3 rings (SSSR count). The molecule has 6 heteroatoms. The van der Waals surface area contributed by atoms with Crippen LogP contribution in [0.15, 0.2) is 22.7 Å². The Morgan fingerprint density at radius 3 is 3.05 bits per heavy atom. The minimum absolute atomic E-state index is 0.241. The van der Waals surface area contributed by atoms with Gasteiger partial charge < -0.3 is 9.84 Å². The van der Waals surface area contributed by atoms with Crippen molar-refractivity contribution in [2.45, 2.75) is 38.1 Å². The fraction of sp³-hybridized carbons (Fsp3) is 0.467. The second-order valence-electron chi connectivity index (χ2n) is 5.28. The number of hydrogen-bond donors (Lipinski definition) is 1. The van der Waals surface area contributed by atoms with E-state index in [0.717, 1.165) is 25.8 Å². The predicted octanol–water partition coefficient (Wildman–Crippen LogP) is 3.77. The summed E-state index contributed by atoms with van der Waals surface area (Å²) in [5.41, 5.74) is 0.589. The van der Waals surface area contributed by atoms with Crippen molar-refractivity contribution in [3.05, 3.63) is 34.9 Å². The first kappa shape index (κ1) is 14.5. The second-order valence-corrected chi connectivity index (χ2v) is 5.69. The number of halogens is 2. The Kier molecular flexibility index (Phi) is 4.22. The zero-order valence-electron chi connectivity index (χ0n) is 11.8. The minimum atomic E-state index is -0.379. The number of likely N-dealkylation sites (N-methyl/N-ethyl adjacent to an activating group) is 1. The first-order valence-electron chi connectivity index (χ1n) is 7.21. The summed E-state index contributed by atoms with van der Waals surface area (Å²) < 4.78 is 18.5. The van der Waals surface area contributed by atoms with Crippen LogP contribution in [0.3, 0.4) is 0 Å². The zero-order chi connectivity index (χ0) is 14.8. The van der Waals surface area contributed by atoms with Gasteiger partial charge in [0.25, 0.3) is 0 Å². The van der Waals surface area contributed by atoms with Crippen molar-refractivity contribution in [1.82, 2.24) is 15.5 Å². The molecule has 1 fully saturated rings. The Morgan fingerprint density at radius 1 is 1.43 bits per heavy atom. The third-order valence-corrected chi connectivity index (χ3v) is 4.23. The Hall–Kier alpha value is -1.46. The van der Waals surface area contributed by atoms with E-state index in [2.05, 4.69) is 22.4 Å². The van der Waals surface area contributed by atoms with Gasteiger partial charge in [0.2, 0.25) is 11.7 Å². The zero-order valence-corrected chi connectivity index (χ0v) is 12.5. The van der Waals surface area contributed by atoms with E-state index < -0.39 is 0 Å². The van der Waals surface area contributed by atoms with Gasteiger partial charge in [-0.3, -0.25) is 0 Å². The molecule has 0 bridgehead atoms. The third kappa shape index (κ3) is 2.94. The normalized spacial score (nSPS) is 21.9. The van der Waals surface area contributed by atoms with E-state index >= 15 is 0 Å². The number of nitrogens with zero attached hydrogens (tertiary/aromatic N) is 2. The lowest BCUT2D eigenvalue weighted by Gasteiger charge is -2.16. The molecule has 112 valence electrons. The van der Waals surface area contributed by atoms with E-state index in [1.54, 1.807) is 6.07 Å². The molecule has 2 atom stereocenters. The topological polar surface area (TPSA) is 51.0 Å². The van der Waals surface area contributed by atoms with Crippen LogP contribution in [0.5, 0.6) is 0 Å². The van der Waals surface area contributed by atoms with Gasteiger partial charge in [-0.25, -0.2) is 4.39 Å². The van der Waals surface area contributed by atoms with Crippen molar-refractivity contribution in [1.29, 1.82) is 0 Å². The van der Waals surface area contributed by atoms with E-state index in [1.165, 1.54) is 12.1 Å². The van der Waals surface area contributed by atoms with Crippen LogP contribution < -0.4 is 5.32 Å². The quantitative estimate of drug-likeness (QED) is 0.934. The Bertz CT molecular complexity index is 631. The van der Waals surface area contributed by atoms with Gasteiger partial charge in [0.15, 0.2) is 0 Å². The lowest BCUT2D eigenvalue weighted by molar-refractivity contribution is 0.332. The van der Waals surface area contributed by atoms with Gasteiger partial charge in [-0.2, -0.15) is 4.98 Å². The van der Waals surface area contributed by atoms with Crippen molar-refractivity contribution >= 4 is 11.6 Å². The van der Waals surface area contributed by atoms with Crippen molar-refractivity contribution in [3.63, 3.8) is 0 Å². The van der Waals surface area contributed by atoms with Gasteiger partial charge in [0.1, 0.15) is 5.82 Å². The summed E-state index contributed by atoms with van der Waals surface area (Å²) in [4.78, 5) is 4.46. The molecule has 1 N–H and O–H groups in total. The maximum atomic E-state index is 13.1. The van der Waals surface area contributed by atoms with Crippen LogP contribution in [-0.4, -0.2) is 22.7 Å². The first-order chi connectivity index (χ1) is 10.2. The molecular formula is C15H17ClFN3O. The van der Waals surface area contributed by atoms with Crippen LogP contribution in [0.25, 0.3) is 11.4 Å². The first-order valence-corrected chi connectivity index (χ1v) is 7.59. The summed E-state index contributed by atoms with van der Waals surface area (Å²) >= 11 is 6.04. The summed E-state index contributed by atoms with van der Waals surface area (Å²) in [5, 5.41) is 7.74. The average Bonchev–Trinajstić information content (AvgIpc) is 3.07. The molecule has 4 nitrogen and oxygen atoms in total. The number of nitrogens with one attached hydrogen (secondary N) is 1. The van der Waals surface area contributed by atoms with Crippen molar-refractivity contribution in [2.75, 3.05) is 6.54 Å². The molecule has 1 aliphatic rings. The van der Waals surface area contributed by atoms with E-state index in [-0.39, 0.29) is 16.8 Å². The Labute approximate surface area is 127 Å². The molecule has 0 amide bonds. The highest BCUT2D eigenvalue weighted by atomic mass is 35.5. The SMILES string of the molecule is CCNC1CCCC1c1nc(-c2ccc(F)cc2Cl)no1. The molecule has 0 saturated heterocycles. The summed E-state index contributed by atoms with van der Waals surface area (Å²) in [6.07, 6.45) is 3.31. The van der Waals surface area contributed by atoms with Gasteiger partial charge in [0.05, 0.1) is 10.9 Å². The van der Waals surface area contributed by atoms with Crippen molar-refractivity contribution in [2.24, 2.45) is 0 Å². The fourth-order valence-electron chi connectivity index (χ4n) is 2.93. The standard InChI is InChI=1S/C15H17ClFN3O/c1-2-18-13-5-3-4-11(13)15-19-14(20-21-15)10-7-6-9(17)8-12(10)16/h6-8,11,13,18H,2-5H2,1H3.